The summed E-state index contributed by atoms with van der Waals surface area (Å²) in [4.78, 5) is 28.1. The van der Waals surface area contributed by atoms with E-state index in [1.807, 2.05) is 36.9 Å². The highest BCUT2D eigenvalue weighted by Gasteiger charge is 2.30. The third-order valence-corrected chi connectivity index (χ3v) is 6.02. The summed E-state index contributed by atoms with van der Waals surface area (Å²) in [7, 11) is 0. The van der Waals surface area contributed by atoms with Crippen molar-refractivity contribution in [3.63, 3.8) is 0 Å². The zero-order valence-electron chi connectivity index (χ0n) is 19.4. The Hall–Kier alpha value is -3.07. The molecule has 1 unspecified atom stereocenters. The van der Waals surface area contributed by atoms with Crippen molar-refractivity contribution < 1.29 is 4.79 Å². The van der Waals surface area contributed by atoms with Gasteiger partial charge in [-0.05, 0) is 42.8 Å². The fraction of sp³-hybridized carbons (Fsp3) is 0.478. The second-order valence-electron chi connectivity index (χ2n) is 8.56. The maximum atomic E-state index is 13.3. The number of benzene rings is 1. The number of anilines is 1. The average molecular weight is 469 g/mol. The Morgan fingerprint density at radius 2 is 1.79 bits per heavy atom. The Morgan fingerprint density at radius 1 is 1.09 bits per heavy atom. The molecule has 0 saturated carbocycles. The number of rotatable bonds is 6. The van der Waals surface area contributed by atoms with Crippen LogP contribution in [0.25, 0.3) is 11.4 Å². The molecule has 174 valence electrons. The first-order chi connectivity index (χ1) is 15.9. The van der Waals surface area contributed by atoms with Crippen LogP contribution in [0.3, 0.4) is 0 Å². The Balaban J connectivity index is 1.43. The largest absolute Gasteiger partial charge is 0.353 e. The smallest absolute Gasteiger partial charge is 0.249 e. The van der Waals surface area contributed by atoms with Crippen molar-refractivity contribution >= 4 is 23.3 Å². The van der Waals surface area contributed by atoms with Crippen LogP contribution in [0.2, 0.25) is 5.02 Å². The molecule has 10 heteroatoms. The lowest BCUT2D eigenvalue weighted by Gasteiger charge is -2.36. The molecule has 0 spiro atoms. The average Bonchev–Trinajstić information content (AvgIpc) is 3.29. The quantitative estimate of drug-likeness (QED) is 0.546. The monoisotopic (exact) mass is 468 g/mol. The topological polar surface area (TPSA) is 92.9 Å². The number of amides is 1. The maximum absolute atomic E-state index is 13.3. The Bertz CT molecular complexity index is 1110. The molecule has 4 rings (SSSR count). The van der Waals surface area contributed by atoms with Gasteiger partial charge in [-0.25, -0.2) is 9.97 Å². The first kappa shape index (κ1) is 23.1. The van der Waals surface area contributed by atoms with E-state index in [2.05, 4.69) is 39.1 Å². The Kier molecular flexibility index (Phi) is 6.88. The fourth-order valence-electron chi connectivity index (χ4n) is 3.87. The van der Waals surface area contributed by atoms with Crippen LogP contribution in [0.5, 0.6) is 0 Å². The number of hydrogen-bond donors (Lipinski definition) is 0. The van der Waals surface area contributed by atoms with Crippen molar-refractivity contribution in [2.75, 3.05) is 31.1 Å². The van der Waals surface area contributed by atoms with Gasteiger partial charge in [0.1, 0.15) is 11.6 Å². The summed E-state index contributed by atoms with van der Waals surface area (Å²) < 4.78 is 0. The number of aromatic nitrogens is 6. The molecule has 0 radical (unpaired) electrons. The van der Waals surface area contributed by atoms with Gasteiger partial charge in [-0.15, -0.1) is 10.2 Å². The molecule has 3 aromatic rings. The van der Waals surface area contributed by atoms with Crippen LogP contribution in [0.1, 0.15) is 50.7 Å². The Labute approximate surface area is 198 Å². The van der Waals surface area contributed by atoms with Gasteiger partial charge in [0.15, 0.2) is 6.04 Å². The van der Waals surface area contributed by atoms with E-state index in [1.165, 1.54) is 4.80 Å². The minimum atomic E-state index is -0.487. The number of aryl methyl sites for hydroxylation is 1. The van der Waals surface area contributed by atoms with Gasteiger partial charge in [0, 0.05) is 54.4 Å². The van der Waals surface area contributed by atoms with Gasteiger partial charge in [-0.2, -0.15) is 4.80 Å². The number of hydrogen-bond acceptors (Lipinski definition) is 7. The molecule has 2 aromatic heterocycles. The van der Waals surface area contributed by atoms with Gasteiger partial charge in [-0.3, -0.25) is 4.79 Å². The molecule has 1 atom stereocenters. The van der Waals surface area contributed by atoms with E-state index in [0.29, 0.717) is 30.4 Å². The van der Waals surface area contributed by atoms with Gasteiger partial charge in [0.25, 0.3) is 0 Å². The Morgan fingerprint density at radius 3 is 2.42 bits per heavy atom. The summed E-state index contributed by atoms with van der Waals surface area (Å²) in [5.74, 6) is 2.53. The highest BCUT2D eigenvalue weighted by molar-refractivity contribution is 6.30. The molecule has 9 nitrogen and oxygen atoms in total. The van der Waals surface area contributed by atoms with Crippen molar-refractivity contribution in [2.45, 2.75) is 46.1 Å². The number of carbonyl (C=O) groups excluding carboxylic acids is 1. The van der Waals surface area contributed by atoms with E-state index in [4.69, 9.17) is 16.6 Å². The van der Waals surface area contributed by atoms with Crippen LogP contribution in [-0.4, -0.2) is 67.2 Å². The maximum Gasteiger partial charge on any atom is 0.249 e. The molecule has 1 aromatic carbocycles. The number of tetrazole rings is 1. The molecule has 33 heavy (non-hydrogen) atoms. The van der Waals surface area contributed by atoms with Crippen LogP contribution >= 0.6 is 11.6 Å². The van der Waals surface area contributed by atoms with Crippen LogP contribution < -0.4 is 4.90 Å². The van der Waals surface area contributed by atoms with Gasteiger partial charge >= 0.3 is 0 Å². The standard InChI is InChI=1S/C23H29ClN8O/c1-5-19(32-28-22(27-29-32)17-6-8-18(24)9-7-17)23(33)31-12-10-30(11-13-31)20-14-16(4)25-21(26-20)15(2)3/h6-9,14-15,19H,5,10-13H2,1-4H3. The summed E-state index contributed by atoms with van der Waals surface area (Å²) in [6.45, 7) is 10.8. The molecule has 1 saturated heterocycles. The molecular formula is C23H29ClN8O. The van der Waals surface area contributed by atoms with E-state index in [9.17, 15) is 4.79 Å². The number of nitrogens with zero attached hydrogens (tertiary/aromatic N) is 8. The third-order valence-electron chi connectivity index (χ3n) is 5.77. The molecule has 0 aliphatic carbocycles. The van der Waals surface area contributed by atoms with Gasteiger partial charge in [-0.1, -0.05) is 32.4 Å². The first-order valence-corrected chi connectivity index (χ1v) is 11.7. The number of halogens is 1. The van der Waals surface area contributed by atoms with Gasteiger partial charge < -0.3 is 9.80 Å². The molecule has 0 bridgehead atoms. The first-order valence-electron chi connectivity index (χ1n) is 11.3. The molecule has 1 amide bonds. The molecule has 0 N–H and O–H groups in total. The predicted molar refractivity (Wildman–Crippen MR) is 127 cm³/mol. The summed E-state index contributed by atoms with van der Waals surface area (Å²) in [5, 5.41) is 13.4. The summed E-state index contributed by atoms with van der Waals surface area (Å²) in [6, 6.07) is 8.76. The van der Waals surface area contributed by atoms with Crippen LogP contribution in [0.4, 0.5) is 5.82 Å². The second-order valence-corrected chi connectivity index (χ2v) is 8.99. The van der Waals surface area contributed by atoms with Gasteiger partial charge in [0.2, 0.25) is 11.7 Å². The lowest BCUT2D eigenvalue weighted by molar-refractivity contribution is -0.135. The SMILES string of the molecule is CCC(C(=O)N1CCN(c2cc(C)nc(C(C)C)n2)CC1)n1nnc(-c2ccc(Cl)cc2)n1. The number of piperazine rings is 1. The minimum absolute atomic E-state index is 0.0129. The summed E-state index contributed by atoms with van der Waals surface area (Å²) >= 11 is 5.96. The van der Waals surface area contributed by atoms with Crippen LogP contribution in [0, 0.1) is 6.92 Å². The fourth-order valence-corrected chi connectivity index (χ4v) is 4.00. The van der Waals surface area contributed by atoms with E-state index in [1.54, 1.807) is 12.1 Å². The van der Waals surface area contributed by atoms with Gasteiger partial charge in [0.05, 0.1) is 0 Å². The van der Waals surface area contributed by atoms with E-state index < -0.39 is 6.04 Å². The lowest BCUT2D eigenvalue weighted by Crippen LogP contribution is -2.51. The number of carbonyl (C=O) groups is 1. The van der Waals surface area contributed by atoms with E-state index in [-0.39, 0.29) is 11.8 Å². The minimum Gasteiger partial charge on any atom is -0.353 e. The zero-order chi connectivity index (χ0) is 23.5. The molecule has 1 aliphatic heterocycles. The van der Waals surface area contributed by atoms with Crippen molar-refractivity contribution in [1.82, 2.24) is 35.1 Å². The van der Waals surface area contributed by atoms with E-state index >= 15 is 0 Å². The molecule has 1 aliphatic rings. The lowest BCUT2D eigenvalue weighted by atomic mass is 10.1. The van der Waals surface area contributed by atoms with E-state index in [0.717, 1.165) is 36.0 Å². The summed E-state index contributed by atoms with van der Waals surface area (Å²) in [6.07, 6.45) is 0.582. The zero-order valence-corrected chi connectivity index (χ0v) is 20.2. The molecule has 1 fully saturated rings. The van der Waals surface area contributed by atoms with Crippen molar-refractivity contribution in [3.05, 3.63) is 46.9 Å². The molecular weight excluding hydrogens is 440 g/mol. The highest BCUT2D eigenvalue weighted by Crippen LogP contribution is 2.22. The van der Waals surface area contributed by atoms with Crippen molar-refractivity contribution in [3.8, 4) is 11.4 Å². The van der Waals surface area contributed by atoms with Crippen molar-refractivity contribution in [2.24, 2.45) is 0 Å². The van der Waals surface area contributed by atoms with Crippen LogP contribution in [0.15, 0.2) is 30.3 Å². The summed E-state index contributed by atoms with van der Waals surface area (Å²) in [5.41, 5.74) is 1.77. The normalized spacial score (nSPS) is 15.2. The molecule has 3 heterocycles. The second kappa shape index (κ2) is 9.82. The predicted octanol–water partition coefficient (Wildman–Crippen LogP) is 3.52. The highest BCUT2D eigenvalue weighted by atomic mass is 35.5. The van der Waals surface area contributed by atoms with Crippen LogP contribution in [-0.2, 0) is 4.79 Å². The third kappa shape index (κ3) is 5.13. The van der Waals surface area contributed by atoms with Crippen molar-refractivity contribution in [1.29, 1.82) is 0 Å².